The molecule has 7 heteroatoms. The number of nitrogens with two attached hydrogens (primary N) is 1. The summed E-state index contributed by atoms with van der Waals surface area (Å²) >= 11 is 0. The van der Waals surface area contributed by atoms with E-state index in [1.165, 1.54) is 12.1 Å². The van der Waals surface area contributed by atoms with Crippen LogP contribution in [0.2, 0.25) is 0 Å². The van der Waals surface area contributed by atoms with Gasteiger partial charge in [0.25, 0.3) is 5.69 Å². The molecule has 7 nitrogen and oxygen atoms in total. The van der Waals surface area contributed by atoms with Gasteiger partial charge in [-0.1, -0.05) is 19.0 Å². The summed E-state index contributed by atoms with van der Waals surface area (Å²) in [5, 5.41) is 14.4. The van der Waals surface area contributed by atoms with E-state index in [-0.39, 0.29) is 11.7 Å². The molecule has 106 valence electrons. The van der Waals surface area contributed by atoms with Crippen molar-refractivity contribution in [2.24, 2.45) is 11.7 Å². The number of nitrogens with zero attached hydrogens (tertiary/aromatic N) is 3. The van der Waals surface area contributed by atoms with E-state index >= 15 is 0 Å². The van der Waals surface area contributed by atoms with Crippen molar-refractivity contribution in [3.8, 4) is 11.4 Å². The van der Waals surface area contributed by atoms with Gasteiger partial charge in [-0.2, -0.15) is 4.98 Å². The van der Waals surface area contributed by atoms with Crippen molar-refractivity contribution < 1.29 is 9.45 Å². The van der Waals surface area contributed by atoms with Crippen LogP contribution in [0.1, 0.15) is 32.2 Å². The number of nitro groups is 1. The molecular weight excluding hydrogens is 260 g/mol. The molecule has 0 unspecified atom stereocenters. The van der Waals surface area contributed by atoms with Crippen molar-refractivity contribution in [1.82, 2.24) is 10.1 Å². The first-order valence-electron chi connectivity index (χ1n) is 6.31. The van der Waals surface area contributed by atoms with Crippen molar-refractivity contribution in [2.75, 3.05) is 0 Å². The number of nitro benzene ring substituents is 1. The highest BCUT2D eigenvalue weighted by Crippen LogP contribution is 2.23. The van der Waals surface area contributed by atoms with E-state index < -0.39 is 4.92 Å². The number of aromatic nitrogens is 2. The Hall–Kier alpha value is -2.28. The average molecular weight is 276 g/mol. The highest BCUT2D eigenvalue weighted by molar-refractivity contribution is 5.56. The van der Waals surface area contributed by atoms with Gasteiger partial charge < -0.3 is 10.3 Å². The molecule has 0 aliphatic heterocycles. The molecule has 0 fully saturated rings. The third-order valence-electron chi connectivity index (χ3n) is 2.82. The highest BCUT2D eigenvalue weighted by Gasteiger charge is 2.17. The van der Waals surface area contributed by atoms with Gasteiger partial charge in [-0.3, -0.25) is 10.1 Å². The Morgan fingerprint density at radius 3 is 2.55 bits per heavy atom. The van der Waals surface area contributed by atoms with Gasteiger partial charge in [-0.25, -0.2) is 0 Å². The third kappa shape index (κ3) is 3.18. The number of hydrogen-bond donors (Lipinski definition) is 1. The van der Waals surface area contributed by atoms with Gasteiger partial charge in [0.2, 0.25) is 11.7 Å². The van der Waals surface area contributed by atoms with Gasteiger partial charge in [-0.15, -0.1) is 0 Å². The molecule has 0 radical (unpaired) electrons. The standard InChI is InChI=1S/C13H16N4O3/c1-8(2)7-11(14)13-15-12(16-20-13)9-3-5-10(6-4-9)17(18)19/h3-6,8,11H,7,14H2,1-2H3/t11-/m1/s1. The second-order valence-electron chi connectivity index (χ2n) is 5.00. The SMILES string of the molecule is CC(C)C[C@@H](N)c1nc(-c2ccc([N+](=O)[O-])cc2)no1. The normalized spacial score (nSPS) is 12.6. The summed E-state index contributed by atoms with van der Waals surface area (Å²) in [5.41, 5.74) is 6.64. The van der Waals surface area contributed by atoms with Crippen LogP contribution in [0.25, 0.3) is 11.4 Å². The minimum Gasteiger partial charge on any atom is -0.337 e. The predicted octanol–water partition coefficient (Wildman–Crippen LogP) is 2.69. The molecular formula is C13H16N4O3. The minimum atomic E-state index is -0.454. The van der Waals surface area contributed by atoms with Crippen LogP contribution in [-0.2, 0) is 0 Å². The van der Waals surface area contributed by atoms with Gasteiger partial charge in [0.05, 0.1) is 11.0 Å². The molecule has 0 saturated carbocycles. The maximum atomic E-state index is 10.6. The molecule has 0 aliphatic carbocycles. The predicted molar refractivity (Wildman–Crippen MR) is 72.8 cm³/mol. The molecule has 1 aromatic heterocycles. The summed E-state index contributed by atoms with van der Waals surface area (Å²) in [5.74, 6) is 1.20. The lowest BCUT2D eigenvalue weighted by Gasteiger charge is -2.08. The van der Waals surface area contributed by atoms with Gasteiger partial charge in [0.15, 0.2) is 0 Å². The Bertz CT molecular complexity index is 592. The number of hydrogen-bond acceptors (Lipinski definition) is 6. The van der Waals surface area contributed by atoms with E-state index in [1.54, 1.807) is 12.1 Å². The fraction of sp³-hybridized carbons (Fsp3) is 0.385. The number of benzene rings is 1. The first-order chi connectivity index (χ1) is 9.47. The summed E-state index contributed by atoms with van der Waals surface area (Å²) in [7, 11) is 0. The van der Waals surface area contributed by atoms with Crippen molar-refractivity contribution in [1.29, 1.82) is 0 Å². The molecule has 0 spiro atoms. The second kappa shape index (κ2) is 5.79. The third-order valence-corrected chi connectivity index (χ3v) is 2.82. The Kier molecular flexibility index (Phi) is 4.09. The summed E-state index contributed by atoms with van der Waals surface area (Å²) in [6.45, 7) is 4.13. The summed E-state index contributed by atoms with van der Waals surface area (Å²) in [6, 6.07) is 5.68. The fourth-order valence-electron chi connectivity index (χ4n) is 1.84. The van der Waals surface area contributed by atoms with Gasteiger partial charge in [0.1, 0.15) is 0 Å². The quantitative estimate of drug-likeness (QED) is 0.664. The van der Waals surface area contributed by atoms with Crippen LogP contribution >= 0.6 is 0 Å². The molecule has 20 heavy (non-hydrogen) atoms. The average Bonchev–Trinajstić information content (AvgIpc) is 2.87. The van der Waals surface area contributed by atoms with Crippen molar-refractivity contribution in [3.05, 3.63) is 40.3 Å². The zero-order valence-electron chi connectivity index (χ0n) is 11.3. The minimum absolute atomic E-state index is 0.0222. The summed E-state index contributed by atoms with van der Waals surface area (Å²) < 4.78 is 5.14. The lowest BCUT2D eigenvalue weighted by Crippen LogP contribution is -2.13. The smallest absolute Gasteiger partial charge is 0.269 e. The monoisotopic (exact) mass is 276 g/mol. The maximum Gasteiger partial charge on any atom is 0.269 e. The molecule has 1 atom stereocenters. The van der Waals surface area contributed by atoms with E-state index in [1.807, 2.05) is 0 Å². The maximum absolute atomic E-state index is 10.6. The first-order valence-corrected chi connectivity index (χ1v) is 6.31. The molecule has 0 aliphatic rings. The lowest BCUT2D eigenvalue weighted by atomic mass is 10.0. The van der Waals surface area contributed by atoms with Gasteiger partial charge >= 0.3 is 0 Å². The Morgan fingerprint density at radius 2 is 2.00 bits per heavy atom. The van der Waals surface area contributed by atoms with E-state index in [4.69, 9.17) is 10.3 Å². The molecule has 1 heterocycles. The molecule has 2 rings (SSSR count). The molecule has 1 aromatic carbocycles. The van der Waals surface area contributed by atoms with E-state index in [0.29, 0.717) is 23.2 Å². The molecule has 0 bridgehead atoms. The topological polar surface area (TPSA) is 108 Å². The second-order valence-corrected chi connectivity index (χ2v) is 5.00. The number of rotatable bonds is 5. The van der Waals surface area contributed by atoms with Crippen LogP contribution in [0.15, 0.2) is 28.8 Å². The zero-order chi connectivity index (χ0) is 14.7. The molecule has 2 N–H and O–H groups in total. The molecule has 0 amide bonds. The van der Waals surface area contributed by atoms with E-state index in [9.17, 15) is 10.1 Å². The highest BCUT2D eigenvalue weighted by atomic mass is 16.6. The van der Waals surface area contributed by atoms with Crippen LogP contribution in [0.3, 0.4) is 0 Å². The Balaban J connectivity index is 2.18. The van der Waals surface area contributed by atoms with Crippen LogP contribution in [-0.4, -0.2) is 15.1 Å². The number of non-ortho nitro benzene ring substituents is 1. The van der Waals surface area contributed by atoms with Crippen LogP contribution in [0.5, 0.6) is 0 Å². The van der Waals surface area contributed by atoms with Crippen LogP contribution in [0.4, 0.5) is 5.69 Å². The fourth-order valence-corrected chi connectivity index (χ4v) is 1.84. The summed E-state index contributed by atoms with van der Waals surface area (Å²) in [6.07, 6.45) is 0.752. The van der Waals surface area contributed by atoms with Crippen molar-refractivity contribution >= 4 is 5.69 Å². The van der Waals surface area contributed by atoms with Crippen molar-refractivity contribution in [3.63, 3.8) is 0 Å². The molecule has 0 saturated heterocycles. The largest absolute Gasteiger partial charge is 0.337 e. The van der Waals surface area contributed by atoms with Crippen LogP contribution in [0, 0.1) is 16.0 Å². The zero-order valence-corrected chi connectivity index (χ0v) is 11.3. The first kappa shape index (κ1) is 14.1. The molecule has 2 aromatic rings. The van der Waals surface area contributed by atoms with Gasteiger partial charge in [0, 0.05) is 17.7 Å². The van der Waals surface area contributed by atoms with E-state index in [0.717, 1.165) is 6.42 Å². The summed E-state index contributed by atoms with van der Waals surface area (Å²) in [4.78, 5) is 14.4. The van der Waals surface area contributed by atoms with Gasteiger partial charge in [-0.05, 0) is 24.5 Å². The van der Waals surface area contributed by atoms with Crippen molar-refractivity contribution in [2.45, 2.75) is 26.3 Å². The van der Waals surface area contributed by atoms with E-state index in [2.05, 4.69) is 24.0 Å². The lowest BCUT2D eigenvalue weighted by molar-refractivity contribution is -0.384. The van der Waals surface area contributed by atoms with Crippen LogP contribution < -0.4 is 5.73 Å². The Morgan fingerprint density at radius 1 is 1.35 bits per heavy atom. The Labute approximate surface area is 115 Å².